The summed E-state index contributed by atoms with van der Waals surface area (Å²) in [7, 11) is 0. The Hall–Kier alpha value is -0.0800. The molecule has 0 aromatic carbocycles. The van der Waals surface area contributed by atoms with Gasteiger partial charge in [0, 0.05) is 6.61 Å². The van der Waals surface area contributed by atoms with Crippen LogP contribution in [0.25, 0.3) is 0 Å². The van der Waals surface area contributed by atoms with E-state index in [1.165, 1.54) is 12.8 Å². The first-order valence-corrected chi connectivity index (χ1v) is 4.22. The molecule has 0 aliphatic carbocycles. The summed E-state index contributed by atoms with van der Waals surface area (Å²) < 4.78 is 5.63. The van der Waals surface area contributed by atoms with Gasteiger partial charge in [-0.15, -0.1) is 0 Å². The summed E-state index contributed by atoms with van der Waals surface area (Å²) >= 11 is 0. The monoisotopic (exact) mass is 143 g/mol. The lowest BCUT2D eigenvalue weighted by Gasteiger charge is -2.27. The van der Waals surface area contributed by atoms with Crippen LogP contribution in [0.3, 0.4) is 0 Å². The first-order chi connectivity index (χ1) is 4.83. The van der Waals surface area contributed by atoms with E-state index in [4.69, 9.17) is 4.74 Å². The van der Waals surface area contributed by atoms with Crippen LogP contribution in [-0.4, -0.2) is 18.9 Å². The number of hydrogen-bond acceptors (Lipinski definition) is 2. The van der Waals surface area contributed by atoms with Gasteiger partial charge in [0.05, 0.1) is 0 Å². The molecule has 2 heteroatoms. The molecule has 1 aliphatic heterocycles. The summed E-state index contributed by atoms with van der Waals surface area (Å²) in [4.78, 5) is 0. The Kier molecular flexibility index (Phi) is 2.69. The van der Waals surface area contributed by atoms with Gasteiger partial charge < -0.3 is 4.74 Å². The molecule has 1 saturated heterocycles. The van der Waals surface area contributed by atoms with Crippen molar-refractivity contribution in [2.24, 2.45) is 0 Å². The predicted octanol–water partition coefficient (Wildman–Crippen LogP) is 1.51. The second kappa shape index (κ2) is 3.35. The smallest absolute Gasteiger partial charge is 0.118 e. The Morgan fingerprint density at radius 2 is 2.30 bits per heavy atom. The third kappa shape index (κ3) is 1.50. The van der Waals surface area contributed by atoms with E-state index >= 15 is 0 Å². The fourth-order valence-electron chi connectivity index (χ4n) is 1.58. The summed E-state index contributed by atoms with van der Waals surface area (Å²) in [6.07, 6.45) is 3.52. The molecule has 0 aromatic rings. The molecule has 60 valence electrons. The van der Waals surface area contributed by atoms with E-state index in [0.29, 0.717) is 0 Å². The van der Waals surface area contributed by atoms with Gasteiger partial charge in [0.15, 0.2) is 0 Å². The third-order valence-corrected chi connectivity index (χ3v) is 2.20. The molecule has 0 spiro atoms. The Bertz CT molecular complexity index is 97.4. The highest BCUT2D eigenvalue weighted by atomic mass is 16.5. The van der Waals surface area contributed by atoms with Crippen molar-refractivity contribution in [2.75, 3.05) is 13.2 Å². The molecular formula is C8H17NO. The first-order valence-electron chi connectivity index (χ1n) is 4.22. The Labute approximate surface area is 63.0 Å². The van der Waals surface area contributed by atoms with Crippen LogP contribution in [0.1, 0.15) is 33.1 Å². The third-order valence-electron chi connectivity index (χ3n) is 2.20. The molecule has 1 N–H and O–H groups in total. The second-order valence-corrected chi connectivity index (χ2v) is 2.81. The molecular weight excluding hydrogens is 126 g/mol. The highest BCUT2D eigenvalue weighted by Gasteiger charge is 2.31. The van der Waals surface area contributed by atoms with Crippen LogP contribution in [0.5, 0.6) is 0 Å². The predicted molar refractivity (Wildman–Crippen MR) is 41.9 cm³/mol. The molecule has 0 saturated carbocycles. The van der Waals surface area contributed by atoms with Crippen molar-refractivity contribution in [1.29, 1.82) is 0 Å². The highest BCUT2D eigenvalue weighted by Crippen LogP contribution is 2.23. The second-order valence-electron chi connectivity index (χ2n) is 2.81. The standard InChI is InChI=1S/C8H17NO/c1-3-8(10-4-2)6-5-7-9-8/h9H,3-7H2,1-2H3. The van der Waals surface area contributed by atoms with Crippen molar-refractivity contribution < 1.29 is 4.74 Å². The first kappa shape index (κ1) is 8.02. The van der Waals surface area contributed by atoms with Crippen molar-refractivity contribution in [2.45, 2.75) is 38.8 Å². The van der Waals surface area contributed by atoms with Crippen LogP contribution in [0.2, 0.25) is 0 Å². The maximum absolute atomic E-state index is 5.63. The zero-order chi connectivity index (χ0) is 7.45. The lowest BCUT2D eigenvalue weighted by Crippen LogP contribution is -2.41. The zero-order valence-corrected chi connectivity index (χ0v) is 6.94. The largest absolute Gasteiger partial charge is 0.361 e. The van der Waals surface area contributed by atoms with Crippen LogP contribution < -0.4 is 5.32 Å². The van der Waals surface area contributed by atoms with Crippen LogP contribution in [0.4, 0.5) is 0 Å². The van der Waals surface area contributed by atoms with Crippen LogP contribution in [0, 0.1) is 0 Å². The Balaban J connectivity index is 2.41. The highest BCUT2D eigenvalue weighted by molar-refractivity contribution is 4.82. The number of hydrogen-bond donors (Lipinski definition) is 1. The van der Waals surface area contributed by atoms with E-state index in [1.807, 2.05) is 0 Å². The van der Waals surface area contributed by atoms with E-state index in [2.05, 4.69) is 19.2 Å². The number of ether oxygens (including phenoxy) is 1. The lowest BCUT2D eigenvalue weighted by molar-refractivity contribution is -0.0540. The molecule has 0 aromatic heterocycles. The molecule has 1 atom stereocenters. The van der Waals surface area contributed by atoms with Crippen molar-refractivity contribution in [1.82, 2.24) is 5.32 Å². The van der Waals surface area contributed by atoms with E-state index in [1.54, 1.807) is 0 Å². The zero-order valence-electron chi connectivity index (χ0n) is 6.94. The minimum atomic E-state index is 0.0365. The van der Waals surface area contributed by atoms with E-state index in [0.717, 1.165) is 19.6 Å². The van der Waals surface area contributed by atoms with Gasteiger partial charge in [-0.05, 0) is 32.7 Å². The minimum Gasteiger partial charge on any atom is -0.361 e. The summed E-state index contributed by atoms with van der Waals surface area (Å²) in [6.45, 7) is 6.17. The fourth-order valence-corrected chi connectivity index (χ4v) is 1.58. The molecule has 1 heterocycles. The summed E-state index contributed by atoms with van der Waals surface area (Å²) in [5.74, 6) is 0. The average molecular weight is 143 g/mol. The molecule has 0 bridgehead atoms. The Morgan fingerprint density at radius 3 is 2.70 bits per heavy atom. The molecule has 0 amide bonds. The number of nitrogens with one attached hydrogen (secondary N) is 1. The van der Waals surface area contributed by atoms with Gasteiger partial charge in [-0.25, -0.2) is 0 Å². The van der Waals surface area contributed by atoms with E-state index in [-0.39, 0.29) is 5.72 Å². The normalized spacial score (nSPS) is 33.0. The SMILES string of the molecule is CCOC1(CC)CCCN1. The summed E-state index contributed by atoms with van der Waals surface area (Å²) in [5, 5.41) is 3.40. The van der Waals surface area contributed by atoms with Gasteiger partial charge in [0.2, 0.25) is 0 Å². The van der Waals surface area contributed by atoms with Gasteiger partial charge in [0.25, 0.3) is 0 Å². The fraction of sp³-hybridized carbons (Fsp3) is 1.00. The van der Waals surface area contributed by atoms with Gasteiger partial charge >= 0.3 is 0 Å². The van der Waals surface area contributed by atoms with Gasteiger partial charge in [-0.1, -0.05) is 6.92 Å². The average Bonchev–Trinajstić information content (AvgIpc) is 2.39. The van der Waals surface area contributed by atoms with Gasteiger partial charge in [0.1, 0.15) is 5.72 Å². The summed E-state index contributed by atoms with van der Waals surface area (Å²) in [6, 6.07) is 0. The van der Waals surface area contributed by atoms with Crippen molar-refractivity contribution in [3.8, 4) is 0 Å². The maximum atomic E-state index is 5.63. The van der Waals surface area contributed by atoms with Gasteiger partial charge in [-0.2, -0.15) is 0 Å². The van der Waals surface area contributed by atoms with Crippen LogP contribution in [-0.2, 0) is 4.74 Å². The van der Waals surface area contributed by atoms with Crippen LogP contribution in [0.15, 0.2) is 0 Å². The topological polar surface area (TPSA) is 21.3 Å². The van der Waals surface area contributed by atoms with E-state index in [9.17, 15) is 0 Å². The summed E-state index contributed by atoms with van der Waals surface area (Å²) in [5.41, 5.74) is 0.0365. The molecule has 10 heavy (non-hydrogen) atoms. The molecule has 1 aliphatic rings. The molecule has 2 nitrogen and oxygen atoms in total. The molecule has 0 radical (unpaired) electrons. The maximum Gasteiger partial charge on any atom is 0.118 e. The van der Waals surface area contributed by atoms with E-state index < -0.39 is 0 Å². The molecule has 1 unspecified atom stereocenters. The van der Waals surface area contributed by atoms with Crippen molar-refractivity contribution >= 4 is 0 Å². The minimum absolute atomic E-state index is 0.0365. The van der Waals surface area contributed by atoms with Crippen molar-refractivity contribution in [3.63, 3.8) is 0 Å². The quantitative estimate of drug-likeness (QED) is 0.646. The van der Waals surface area contributed by atoms with Crippen molar-refractivity contribution in [3.05, 3.63) is 0 Å². The van der Waals surface area contributed by atoms with Gasteiger partial charge in [-0.3, -0.25) is 5.32 Å². The Morgan fingerprint density at radius 1 is 1.50 bits per heavy atom. The number of rotatable bonds is 3. The van der Waals surface area contributed by atoms with Crippen LogP contribution >= 0.6 is 0 Å². The lowest BCUT2D eigenvalue weighted by atomic mass is 10.1. The molecule has 1 fully saturated rings. The molecule has 1 rings (SSSR count).